The minimum Gasteiger partial charge on any atom is -0.0625 e. The molecule has 0 aromatic heterocycles. The molecular formula is C20H36. The van der Waals surface area contributed by atoms with Crippen LogP contribution >= 0.6 is 0 Å². The third-order valence-electron chi connectivity index (χ3n) is 7.89. The van der Waals surface area contributed by atoms with Gasteiger partial charge >= 0.3 is 0 Å². The van der Waals surface area contributed by atoms with Crippen molar-refractivity contribution in [3.8, 4) is 0 Å². The van der Waals surface area contributed by atoms with E-state index in [4.69, 9.17) is 0 Å². The van der Waals surface area contributed by atoms with E-state index in [9.17, 15) is 0 Å². The van der Waals surface area contributed by atoms with Crippen LogP contribution in [0.25, 0.3) is 0 Å². The van der Waals surface area contributed by atoms with Crippen molar-refractivity contribution in [1.82, 2.24) is 0 Å². The summed E-state index contributed by atoms with van der Waals surface area (Å²) in [4.78, 5) is 0. The van der Waals surface area contributed by atoms with Crippen LogP contribution in [-0.2, 0) is 0 Å². The molecule has 116 valence electrons. The molecule has 0 aliphatic heterocycles. The monoisotopic (exact) mass is 276 g/mol. The fourth-order valence-corrected chi connectivity index (χ4v) is 7.05. The molecule has 0 spiro atoms. The third-order valence-corrected chi connectivity index (χ3v) is 7.89. The van der Waals surface area contributed by atoms with E-state index in [0.717, 1.165) is 29.6 Å². The topological polar surface area (TPSA) is 0 Å². The normalized spacial score (nSPS) is 47.7. The maximum absolute atomic E-state index is 2.69. The summed E-state index contributed by atoms with van der Waals surface area (Å²) in [5.41, 5.74) is 1.26. The van der Waals surface area contributed by atoms with Gasteiger partial charge in [0, 0.05) is 0 Å². The molecule has 0 nitrogen and oxygen atoms in total. The molecule has 0 N–H and O–H groups in total. The molecule has 3 rings (SSSR count). The van der Waals surface area contributed by atoms with Crippen LogP contribution in [-0.4, -0.2) is 0 Å². The lowest BCUT2D eigenvalue weighted by Gasteiger charge is -2.62. The van der Waals surface area contributed by atoms with Gasteiger partial charge in [0.15, 0.2) is 0 Å². The fourth-order valence-electron chi connectivity index (χ4n) is 7.05. The molecule has 0 aromatic carbocycles. The van der Waals surface area contributed by atoms with Gasteiger partial charge in [-0.25, -0.2) is 0 Å². The Morgan fingerprint density at radius 3 is 2.30 bits per heavy atom. The second kappa shape index (κ2) is 5.03. The van der Waals surface area contributed by atoms with Crippen molar-refractivity contribution in [3.05, 3.63) is 0 Å². The molecule has 3 aliphatic rings. The van der Waals surface area contributed by atoms with Crippen LogP contribution in [0.3, 0.4) is 0 Å². The average Bonchev–Trinajstić information content (AvgIpc) is 2.37. The Morgan fingerprint density at radius 1 is 0.850 bits per heavy atom. The molecule has 0 aromatic rings. The van der Waals surface area contributed by atoms with Crippen LogP contribution in [0.2, 0.25) is 0 Å². The molecule has 0 amide bonds. The van der Waals surface area contributed by atoms with E-state index in [1.54, 1.807) is 0 Å². The van der Waals surface area contributed by atoms with E-state index in [-0.39, 0.29) is 0 Å². The Bertz CT molecular complexity index is 353. The zero-order valence-corrected chi connectivity index (χ0v) is 14.5. The first-order chi connectivity index (χ1) is 9.36. The van der Waals surface area contributed by atoms with Gasteiger partial charge in [0.25, 0.3) is 0 Å². The number of rotatable bonds is 1. The molecule has 0 heteroatoms. The van der Waals surface area contributed by atoms with Gasteiger partial charge < -0.3 is 0 Å². The lowest BCUT2D eigenvalue weighted by molar-refractivity contribution is -0.127. The Kier molecular flexibility index (Phi) is 3.75. The van der Waals surface area contributed by atoms with Crippen molar-refractivity contribution in [1.29, 1.82) is 0 Å². The summed E-state index contributed by atoms with van der Waals surface area (Å²) in [7, 11) is 0. The van der Waals surface area contributed by atoms with Crippen LogP contribution in [0.5, 0.6) is 0 Å². The van der Waals surface area contributed by atoms with E-state index >= 15 is 0 Å². The largest absolute Gasteiger partial charge is 0.0625 e. The van der Waals surface area contributed by atoms with Gasteiger partial charge in [0.1, 0.15) is 0 Å². The Morgan fingerprint density at radius 2 is 1.60 bits per heavy atom. The standard InChI is InChI=1S/C20H36/c1-14(2)15-8-6-9-17-16(15)10-11-18-19(3,4)12-7-13-20(17,18)5/h14-18H,6-13H2,1-5H3/t15?,16-,17-,18?,20+/m0/s1. The molecule has 3 fully saturated rings. The molecule has 0 heterocycles. The summed E-state index contributed by atoms with van der Waals surface area (Å²) >= 11 is 0. The molecule has 3 aliphatic carbocycles. The van der Waals surface area contributed by atoms with E-state index in [1.807, 2.05) is 0 Å². The van der Waals surface area contributed by atoms with Gasteiger partial charge in [-0.2, -0.15) is 0 Å². The van der Waals surface area contributed by atoms with Crippen LogP contribution in [0.15, 0.2) is 0 Å². The van der Waals surface area contributed by atoms with Crippen LogP contribution in [0.1, 0.15) is 86.0 Å². The Labute approximate surface area is 127 Å². The van der Waals surface area contributed by atoms with E-state index in [0.29, 0.717) is 10.8 Å². The van der Waals surface area contributed by atoms with Crippen molar-refractivity contribution in [2.45, 2.75) is 86.0 Å². The average molecular weight is 277 g/mol. The highest BCUT2D eigenvalue weighted by Gasteiger charge is 2.56. The first-order valence-corrected chi connectivity index (χ1v) is 9.36. The molecule has 0 radical (unpaired) electrons. The molecule has 20 heavy (non-hydrogen) atoms. The van der Waals surface area contributed by atoms with Gasteiger partial charge in [-0.1, -0.05) is 47.5 Å². The molecule has 0 bridgehead atoms. The number of hydrogen-bond acceptors (Lipinski definition) is 0. The van der Waals surface area contributed by atoms with Crippen LogP contribution in [0.4, 0.5) is 0 Å². The third kappa shape index (κ3) is 2.17. The van der Waals surface area contributed by atoms with E-state index in [2.05, 4.69) is 34.6 Å². The summed E-state index contributed by atoms with van der Waals surface area (Å²) in [6, 6.07) is 0. The van der Waals surface area contributed by atoms with E-state index in [1.165, 1.54) is 51.4 Å². The summed E-state index contributed by atoms with van der Waals surface area (Å²) in [5.74, 6) is 5.02. The minimum absolute atomic E-state index is 0.600. The van der Waals surface area contributed by atoms with Crippen molar-refractivity contribution >= 4 is 0 Å². The smallest absolute Gasteiger partial charge is 0.0261 e. The zero-order chi connectivity index (χ0) is 14.5. The summed E-state index contributed by atoms with van der Waals surface area (Å²) in [5, 5.41) is 0. The lowest BCUT2D eigenvalue weighted by Crippen LogP contribution is -2.54. The highest BCUT2D eigenvalue weighted by molar-refractivity contribution is 5.05. The minimum atomic E-state index is 0.600. The second-order valence-corrected chi connectivity index (χ2v) is 9.59. The highest BCUT2D eigenvalue weighted by Crippen LogP contribution is 2.64. The predicted octanol–water partition coefficient (Wildman–Crippen LogP) is 6.30. The lowest BCUT2D eigenvalue weighted by atomic mass is 9.43. The van der Waals surface area contributed by atoms with Crippen molar-refractivity contribution in [2.24, 2.45) is 40.4 Å². The fraction of sp³-hybridized carbons (Fsp3) is 1.00. The molecule has 2 unspecified atom stereocenters. The van der Waals surface area contributed by atoms with Crippen LogP contribution < -0.4 is 0 Å². The predicted molar refractivity (Wildman–Crippen MR) is 87.6 cm³/mol. The van der Waals surface area contributed by atoms with Crippen LogP contribution in [0, 0.1) is 40.4 Å². The first kappa shape index (κ1) is 14.9. The first-order valence-electron chi connectivity index (χ1n) is 9.36. The Balaban J connectivity index is 1.90. The summed E-state index contributed by atoms with van der Waals surface area (Å²) in [6.45, 7) is 12.8. The van der Waals surface area contributed by atoms with E-state index < -0.39 is 0 Å². The summed E-state index contributed by atoms with van der Waals surface area (Å²) < 4.78 is 0. The van der Waals surface area contributed by atoms with Crippen molar-refractivity contribution in [3.63, 3.8) is 0 Å². The Hall–Kier alpha value is 0. The highest BCUT2D eigenvalue weighted by atomic mass is 14.6. The zero-order valence-electron chi connectivity index (χ0n) is 14.5. The molecule has 0 saturated heterocycles. The molecule has 3 saturated carbocycles. The van der Waals surface area contributed by atoms with Gasteiger partial charge in [-0.3, -0.25) is 0 Å². The maximum atomic E-state index is 2.69. The SMILES string of the molecule is CC(C)C1CCC[C@H]2[C@H]1CCC1C(C)(C)CCC[C@@]12C. The second-order valence-electron chi connectivity index (χ2n) is 9.59. The summed E-state index contributed by atoms with van der Waals surface area (Å²) in [6.07, 6.45) is 12.1. The van der Waals surface area contributed by atoms with Gasteiger partial charge in [0.05, 0.1) is 0 Å². The van der Waals surface area contributed by atoms with Crippen molar-refractivity contribution < 1.29 is 0 Å². The quantitative estimate of drug-likeness (QED) is 0.527. The molecular weight excluding hydrogens is 240 g/mol. The van der Waals surface area contributed by atoms with Gasteiger partial charge in [-0.15, -0.1) is 0 Å². The molecule has 5 atom stereocenters. The number of hydrogen-bond donors (Lipinski definition) is 0. The van der Waals surface area contributed by atoms with Crippen molar-refractivity contribution in [2.75, 3.05) is 0 Å². The number of fused-ring (bicyclic) bond motifs is 3. The van der Waals surface area contributed by atoms with Gasteiger partial charge in [-0.05, 0) is 78.9 Å². The van der Waals surface area contributed by atoms with Gasteiger partial charge in [0.2, 0.25) is 0 Å². The maximum Gasteiger partial charge on any atom is -0.0261 e.